The molecule has 1 heterocycles. The molecule has 114 valence electrons. The molecule has 2 rings (SSSR count). The van der Waals surface area contributed by atoms with Crippen LogP contribution in [0.25, 0.3) is 0 Å². The fourth-order valence-corrected chi connectivity index (χ4v) is 1.97. The Kier molecular flexibility index (Phi) is 6.57. The van der Waals surface area contributed by atoms with E-state index in [0.29, 0.717) is 0 Å². The second kappa shape index (κ2) is 7.70. The highest BCUT2D eigenvalue weighted by Gasteiger charge is 2.24. The van der Waals surface area contributed by atoms with Crippen molar-refractivity contribution in [3.05, 3.63) is 35.9 Å². The average molecular weight is 303 g/mol. The van der Waals surface area contributed by atoms with E-state index in [1.165, 1.54) is 5.56 Å². The first-order valence-corrected chi connectivity index (χ1v) is 7.65. The Morgan fingerprint density at radius 3 is 2.20 bits per heavy atom. The maximum atomic E-state index is 9.22. The Morgan fingerprint density at radius 1 is 1.25 bits per heavy atom. The van der Waals surface area contributed by atoms with Crippen LogP contribution in [0, 0.1) is 0 Å². The molecule has 6 nitrogen and oxygen atoms in total. The van der Waals surface area contributed by atoms with Gasteiger partial charge in [0.05, 0.1) is 27.4 Å². The Morgan fingerprint density at radius 2 is 1.75 bits per heavy atom. The van der Waals surface area contributed by atoms with Crippen molar-refractivity contribution in [3.63, 3.8) is 0 Å². The summed E-state index contributed by atoms with van der Waals surface area (Å²) in [6, 6.07) is 10.7. The molecule has 1 fully saturated rings. The van der Waals surface area contributed by atoms with Gasteiger partial charge in [-0.25, -0.2) is 8.42 Å². The van der Waals surface area contributed by atoms with Crippen LogP contribution in [0.15, 0.2) is 30.3 Å². The predicted molar refractivity (Wildman–Crippen MR) is 73.6 cm³/mol. The van der Waals surface area contributed by atoms with Crippen molar-refractivity contribution in [2.75, 3.05) is 40.5 Å². The normalized spacial score (nSPS) is 17.9. The van der Waals surface area contributed by atoms with E-state index in [1.54, 1.807) is 0 Å². The number of hydrogen-bond donors (Lipinski definition) is 0. The van der Waals surface area contributed by atoms with Crippen molar-refractivity contribution < 1.29 is 26.4 Å². The van der Waals surface area contributed by atoms with E-state index in [-0.39, 0.29) is 0 Å². The van der Waals surface area contributed by atoms with Gasteiger partial charge in [-0.2, -0.15) is 0 Å². The molecule has 0 amide bonds. The summed E-state index contributed by atoms with van der Waals surface area (Å²) in [4.78, 5) is 0. The van der Waals surface area contributed by atoms with Crippen molar-refractivity contribution in [1.82, 2.24) is 0 Å². The van der Waals surface area contributed by atoms with Crippen LogP contribution in [0.3, 0.4) is 0 Å². The molecule has 1 aromatic carbocycles. The molecule has 0 aromatic heterocycles. The van der Waals surface area contributed by atoms with Crippen LogP contribution < -0.4 is 0 Å². The van der Waals surface area contributed by atoms with Gasteiger partial charge in [0, 0.05) is 5.56 Å². The second-order valence-electron chi connectivity index (χ2n) is 4.90. The van der Waals surface area contributed by atoms with Gasteiger partial charge in [0.15, 0.2) is 0 Å². The third kappa shape index (κ3) is 6.97. The predicted octanol–water partition coefficient (Wildman–Crippen LogP) is 0.756. The molecular formula is C13H21NO5S. The summed E-state index contributed by atoms with van der Waals surface area (Å²) in [7, 11) is -1.29. The molecule has 0 saturated carbocycles. The summed E-state index contributed by atoms with van der Waals surface area (Å²) < 4.78 is 37.5. The van der Waals surface area contributed by atoms with Crippen molar-refractivity contribution in [2.45, 2.75) is 6.54 Å². The lowest BCUT2D eigenvalue weighted by molar-refractivity contribution is -0.929. The number of quaternary nitrogens is 1. The number of benzene rings is 1. The second-order valence-corrected chi connectivity index (χ2v) is 6.05. The maximum absolute atomic E-state index is 9.22. The van der Waals surface area contributed by atoms with Crippen molar-refractivity contribution in [1.29, 1.82) is 0 Å². The van der Waals surface area contributed by atoms with Crippen molar-refractivity contribution >= 4 is 10.4 Å². The summed E-state index contributed by atoms with van der Waals surface area (Å²) in [6.45, 7) is 5.21. The van der Waals surface area contributed by atoms with E-state index in [4.69, 9.17) is 4.74 Å². The van der Waals surface area contributed by atoms with Crippen LogP contribution >= 0.6 is 0 Å². The topological polar surface area (TPSA) is 75.7 Å². The van der Waals surface area contributed by atoms with Crippen LogP contribution in [0.2, 0.25) is 0 Å². The Hall–Kier alpha value is -0.990. The van der Waals surface area contributed by atoms with Gasteiger partial charge in [-0.3, -0.25) is 4.18 Å². The van der Waals surface area contributed by atoms with E-state index in [9.17, 15) is 13.0 Å². The third-order valence-electron chi connectivity index (χ3n) is 3.16. The largest absolute Gasteiger partial charge is 0.726 e. The standard InChI is InChI=1S/C12H18NO.CH4O4S/c1-13(7-9-14-10-8-13)11-12-5-3-2-4-6-12;1-5-6(2,3)4/h2-6H,7-11H2,1H3;1H3,(H,2,3,4)/q+1;/p-1. The van der Waals surface area contributed by atoms with E-state index in [2.05, 4.69) is 41.6 Å². The minimum absolute atomic E-state index is 0.808. The molecule has 7 heteroatoms. The average Bonchev–Trinajstić information content (AvgIpc) is 2.40. The van der Waals surface area contributed by atoms with Crippen LogP contribution in [-0.4, -0.2) is 57.9 Å². The van der Waals surface area contributed by atoms with Gasteiger partial charge in [0.1, 0.15) is 19.6 Å². The zero-order chi connectivity index (χ0) is 15.1. The van der Waals surface area contributed by atoms with Gasteiger partial charge in [-0.05, 0) is 0 Å². The molecule has 0 unspecified atom stereocenters. The number of hydrogen-bond acceptors (Lipinski definition) is 5. The highest BCUT2D eigenvalue weighted by atomic mass is 32.3. The quantitative estimate of drug-likeness (QED) is 0.468. The minimum atomic E-state index is -4.41. The highest BCUT2D eigenvalue weighted by Crippen LogP contribution is 2.13. The fraction of sp³-hybridized carbons (Fsp3) is 0.538. The Labute approximate surface area is 120 Å². The summed E-state index contributed by atoms with van der Waals surface area (Å²) >= 11 is 0. The molecule has 1 aromatic rings. The maximum Gasteiger partial charge on any atom is 0.217 e. The zero-order valence-electron chi connectivity index (χ0n) is 11.8. The number of nitrogens with zero attached hydrogens (tertiary/aromatic N) is 1. The van der Waals surface area contributed by atoms with Gasteiger partial charge >= 0.3 is 0 Å². The molecule has 0 spiro atoms. The van der Waals surface area contributed by atoms with Crippen molar-refractivity contribution in [2.24, 2.45) is 0 Å². The SMILES string of the molecule is COS(=O)(=O)[O-].C[N+]1(Cc2ccccc2)CCOCC1. The Bertz CT molecular complexity index is 483. The van der Waals surface area contributed by atoms with Gasteiger partial charge in [0.2, 0.25) is 10.4 Å². The molecular weight excluding hydrogens is 282 g/mol. The fourth-order valence-electron chi connectivity index (χ4n) is 1.97. The lowest BCUT2D eigenvalue weighted by Gasteiger charge is -2.37. The molecule has 0 atom stereocenters. The summed E-state index contributed by atoms with van der Waals surface area (Å²) in [5, 5.41) is 0. The number of rotatable bonds is 3. The van der Waals surface area contributed by atoms with Crippen molar-refractivity contribution in [3.8, 4) is 0 Å². The van der Waals surface area contributed by atoms with Crippen LogP contribution in [-0.2, 0) is 25.9 Å². The lowest BCUT2D eigenvalue weighted by atomic mass is 10.2. The van der Waals surface area contributed by atoms with E-state index < -0.39 is 10.4 Å². The van der Waals surface area contributed by atoms with Gasteiger partial charge < -0.3 is 13.8 Å². The molecule has 20 heavy (non-hydrogen) atoms. The van der Waals surface area contributed by atoms with Crippen LogP contribution in [0.1, 0.15) is 5.56 Å². The number of likely N-dealkylation sites (N-methyl/N-ethyl adjacent to an activating group) is 1. The van der Waals surface area contributed by atoms with Crippen LogP contribution in [0.4, 0.5) is 0 Å². The number of ether oxygens (including phenoxy) is 1. The first-order valence-electron chi connectivity index (χ1n) is 6.31. The summed E-state index contributed by atoms with van der Waals surface area (Å²) in [6.07, 6.45) is 0. The molecule has 0 aliphatic carbocycles. The monoisotopic (exact) mass is 303 g/mol. The molecule has 1 aliphatic heterocycles. The van der Waals surface area contributed by atoms with Gasteiger partial charge in [-0.15, -0.1) is 0 Å². The molecule has 1 saturated heterocycles. The highest BCUT2D eigenvalue weighted by molar-refractivity contribution is 7.80. The van der Waals surface area contributed by atoms with E-state index in [0.717, 1.165) is 44.4 Å². The van der Waals surface area contributed by atoms with Gasteiger partial charge in [0.25, 0.3) is 0 Å². The van der Waals surface area contributed by atoms with E-state index >= 15 is 0 Å². The van der Waals surface area contributed by atoms with Gasteiger partial charge in [-0.1, -0.05) is 30.3 Å². The third-order valence-corrected chi connectivity index (χ3v) is 3.57. The number of morpholine rings is 1. The first-order chi connectivity index (χ1) is 9.35. The molecule has 1 aliphatic rings. The lowest BCUT2D eigenvalue weighted by Crippen LogP contribution is -2.51. The first kappa shape index (κ1) is 17.1. The molecule has 0 bridgehead atoms. The van der Waals surface area contributed by atoms with Crippen LogP contribution in [0.5, 0.6) is 0 Å². The Balaban J connectivity index is 0.000000286. The zero-order valence-corrected chi connectivity index (χ0v) is 12.6. The molecule has 0 radical (unpaired) electrons. The smallest absolute Gasteiger partial charge is 0.217 e. The minimum Gasteiger partial charge on any atom is -0.726 e. The summed E-state index contributed by atoms with van der Waals surface area (Å²) in [5.74, 6) is 0. The summed E-state index contributed by atoms with van der Waals surface area (Å²) in [5.41, 5.74) is 1.43. The van der Waals surface area contributed by atoms with E-state index in [1.807, 2.05) is 0 Å². The molecule has 0 N–H and O–H groups in total.